The first kappa shape index (κ1) is 16.0. The lowest BCUT2D eigenvalue weighted by molar-refractivity contribution is 0.143. The van der Waals surface area contributed by atoms with Crippen LogP contribution >= 0.6 is 11.3 Å². The second-order valence-corrected chi connectivity index (χ2v) is 7.04. The summed E-state index contributed by atoms with van der Waals surface area (Å²) in [5.41, 5.74) is 0.319. The average molecular weight is 295 g/mol. The summed E-state index contributed by atoms with van der Waals surface area (Å²) in [5.74, 6) is 0. The van der Waals surface area contributed by atoms with Crippen molar-refractivity contribution in [1.82, 2.24) is 10.2 Å². The van der Waals surface area contributed by atoms with Crippen molar-refractivity contribution < 1.29 is 0 Å². The van der Waals surface area contributed by atoms with Gasteiger partial charge in [-0.25, -0.2) is 0 Å². The predicted molar refractivity (Wildman–Crippen MR) is 89.5 cm³/mol. The van der Waals surface area contributed by atoms with Crippen LogP contribution in [0.4, 0.5) is 0 Å². The molecule has 0 aromatic carbocycles. The van der Waals surface area contributed by atoms with E-state index < -0.39 is 0 Å². The van der Waals surface area contributed by atoms with Gasteiger partial charge in [-0.1, -0.05) is 33.3 Å². The second-order valence-electron chi connectivity index (χ2n) is 6.06. The van der Waals surface area contributed by atoms with E-state index in [9.17, 15) is 0 Å². The monoisotopic (exact) mass is 294 g/mol. The first-order valence-electron chi connectivity index (χ1n) is 8.27. The van der Waals surface area contributed by atoms with Crippen molar-refractivity contribution in [2.24, 2.45) is 0 Å². The van der Waals surface area contributed by atoms with Crippen LogP contribution in [0.15, 0.2) is 17.5 Å². The molecule has 0 amide bonds. The highest BCUT2D eigenvalue weighted by molar-refractivity contribution is 7.10. The average Bonchev–Trinajstić information content (AvgIpc) is 2.91. The fourth-order valence-electron chi connectivity index (χ4n) is 3.41. The van der Waals surface area contributed by atoms with Crippen LogP contribution in [-0.2, 0) is 0 Å². The summed E-state index contributed by atoms with van der Waals surface area (Å²) in [6.07, 6.45) is 6.27. The maximum absolute atomic E-state index is 3.83. The van der Waals surface area contributed by atoms with E-state index in [1.165, 1.54) is 51.7 Å². The normalized spacial score (nSPS) is 21.6. The fraction of sp³-hybridized carbons (Fsp3) is 0.765. The van der Waals surface area contributed by atoms with E-state index in [0.29, 0.717) is 11.6 Å². The lowest BCUT2D eigenvalue weighted by Gasteiger charge is -2.39. The molecule has 2 rings (SSSR count). The molecule has 1 N–H and O–H groups in total. The zero-order chi connectivity index (χ0) is 14.4. The summed E-state index contributed by atoms with van der Waals surface area (Å²) in [5, 5.41) is 6.05. The molecular formula is C17H30N2S. The third-order valence-electron chi connectivity index (χ3n) is 4.86. The summed E-state index contributed by atoms with van der Waals surface area (Å²) in [6, 6.07) is 5.14. The molecule has 1 atom stereocenters. The molecule has 1 aliphatic heterocycles. The number of nitrogens with zero attached hydrogens (tertiary/aromatic N) is 1. The molecule has 1 saturated heterocycles. The van der Waals surface area contributed by atoms with E-state index in [1.807, 2.05) is 11.3 Å². The topological polar surface area (TPSA) is 15.3 Å². The Hall–Kier alpha value is -0.380. The Labute approximate surface area is 128 Å². The van der Waals surface area contributed by atoms with Crippen molar-refractivity contribution in [2.75, 3.05) is 19.6 Å². The lowest BCUT2D eigenvalue weighted by atomic mass is 9.91. The highest BCUT2D eigenvalue weighted by atomic mass is 32.1. The van der Waals surface area contributed by atoms with Gasteiger partial charge in [0, 0.05) is 29.5 Å². The summed E-state index contributed by atoms with van der Waals surface area (Å²) in [7, 11) is 0. The molecule has 2 heterocycles. The van der Waals surface area contributed by atoms with Crippen molar-refractivity contribution in [3.05, 3.63) is 22.4 Å². The molecule has 2 nitrogen and oxygen atoms in total. The van der Waals surface area contributed by atoms with E-state index in [2.05, 4.69) is 48.5 Å². The molecule has 1 aromatic heterocycles. The summed E-state index contributed by atoms with van der Waals surface area (Å²) in [6.45, 7) is 10.6. The van der Waals surface area contributed by atoms with Gasteiger partial charge in [0.05, 0.1) is 0 Å². The van der Waals surface area contributed by atoms with Gasteiger partial charge in [-0.15, -0.1) is 11.3 Å². The number of hydrogen-bond acceptors (Lipinski definition) is 3. The quantitative estimate of drug-likeness (QED) is 0.834. The Morgan fingerprint density at radius 1 is 1.35 bits per heavy atom. The molecule has 20 heavy (non-hydrogen) atoms. The predicted octanol–water partition coefficient (Wildman–Crippen LogP) is 4.44. The van der Waals surface area contributed by atoms with Gasteiger partial charge in [-0.05, 0) is 43.7 Å². The Morgan fingerprint density at radius 2 is 2.15 bits per heavy atom. The van der Waals surface area contributed by atoms with Gasteiger partial charge in [-0.2, -0.15) is 0 Å². The van der Waals surface area contributed by atoms with Gasteiger partial charge in [-0.3, -0.25) is 4.90 Å². The van der Waals surface area contributed by atoms with Gasteiger partial charge in [0.1, 0.15) is 0 Å². The van der Waals surface area contributed by atoms with Gasteiger partial charge in [0.2, 0.25) is 0 Å². The standard InChI is InChI=1S/C17H30N2S/c1-4-9-15(16-10-7-13-20-16)19-12-8-11-18-17(5-2,6-3)14-19/h7,10,13,15,18H,4-6,8-9,11-12,14H2,1-3H3. The number of nitrogens with one attached hydrogen (secondary N) is 1. The SMILES string of the molecule is CCCC(c1cccs1)N1CCCNC(CC)(CC)C1. The van der Waals surface area contributed by atoms with Crippen molar-refractivity contribution in [3.8, 4) is 0 Å². The number of rotatable bonds is 6. The zero-order valence-corrected chi connectivity index (χ0v) is 14.1. The van der Waals surface area contributed by atoms with Crippen LogP contribution in [0.1, 0.15) is 63.8 Å². The van der Waals surface area contributed by atoms with E-state index in [1.54, 1.807) is 4.88 Å². The zero-order valence-electron chi connectivity index (χ0n) is 13.3. The molecule has 0 radical (unpaired) electrons. The van der Waals surface area contributed by atoms with Crippen molar-refractivity contribution in [2.45, 2.75) is 64.5 Å². The molecule has 1 aromatic rings. The highest BCUT2D eigenvalue weighted by Crippen LogP contribution is 2.32. The Morgan fingerprint density at radius 3 is 2.75 bits per heavy atom. The smallest absolute Gasteiger partial charge is 0.0442 e. The van der Waals surface area contributed by atoms with Crippen LogP contribution in [-0.4, -0.2) is 30.1 Å². The van der Waals surface area contributed by atoms with Crippen LogP contribution in [0, 0.1) is 0 Å². The minimum Gasteiger partial charge on any atom is -0.310 e. The second kappa shape index (κ2) is 7.58. The summed E-state index contributed by atoms with van der Waals surface area (Å²) >= 11 is 1.92. The first-order valence-corrected chi connectivity index (χ1v) is 9.15. The third-order valence-corrected chi connectivity index (χ3v) is 5.83. The molecule has 0 spiro atoms. The van der Waals surface area contributed by atoms with Crippen molar-refractivity contribution in [3.63, 3.8) is 0 Å². The third kappa shape index (κ3) is 3.63. The number of hydrogen-bond donors (Lipinski definition) is 1. The fourth-order valence-corrected chi connectivity index (χ4v) is 4.30. The largest absolute Gasteiger partial charge is 0.310 e. The molecule has 1 aliphatic rings. The molecule has 0 saturated carbocycles. The Balaban J connectivity index is 2.18. The van der Waals surface area contributed by atoms with E-state index in [0.717, 1.165) is 0 Å². The van der Waals surface area contributed by atoms with Gasteiger partial charge < -0.3 is 5.32 Å². The Kier molecular flexibility index (Phi) is 6.06. The van der Waals surface area contributed by atoms with E-state index >= 15 is 0 Å². The van der Waals surface area contributed by atoms with Crippen LogP contribution in [0.2, 0.25) is 0 Å². The maximum atomic E-state index is 3.83. The highest BCUT2D eigenvalue weighted by Gasteiger charge is 2.33. The van der Waals surface area contributed by atoms with E-state index in [4.69, 9.17) is 0 Å². The van der Waals surface area contributed by atoms with Gasteiger partial charge >= 0.3 is 0 Å². The van der Waals surface area contributed by atoms with Crippen molar-refractivity contribution >= 4 is 11.3 Å². The van der Waals surface area contributed by atoms with Crippen LogP contribution < -0.4 is 5.32 Å². The molecule has 1 fully saturated rings. The number of thiophene rings is 1. The minimum atomic E-state index is 0.319. The molecule has 114 valence electrons. The molecule has 1 unspecified atom stereocenters. The first-order chi connectivity index (χ1) is 9.74. The van der Waals surface area contributed by atoms with Gasteiger partial charge in [0.25, 0.3) is 0 Å². The van der Waals surface area contributed by atoms with Crippen molar-refractivity contribution in [1.29, 1.82) is 0 Å². The minimum absolute atomic E-state index is 0.319. The molecule has 0 bridgehead atoms. The van der Waals surface area contributed by atoms with Crippen LogP contribution in [0.5, 0.6) is 0 Å². The molecular weight excluding hydrogens is 264 g/mol. The summed E-state index contributed by atoms with van der Waals surface area (Å²) in [4.78, 5) is 4.30. The van der Waals surface area contributed by atoms with E-state index in [-0.39, 0.29) is 0 Å². The molecule has 0 aliphatic carbocycles. The lowest BCUT2D eigenvalue weighted by Crippen LogP contribution is -2.51. The maximum Gasteiger partial charge on any atom is 0.0442 e. The summed E-state index contributed by atoms with van der Waals surface area (Å²) < 4.78 is 0. The Bertz CT molecular complexity index is 370. The molecule has 3 heteroatoms. The van der Waals surface area contributed by atoms with Gasteiger partial charge in [0.15, 0.2) is 0 Å². The van der Waals surface area contributed by atoms with Crippen LogP contribution in [0.3, 0.4) is 0 Å². The van der Waals surface area contributed by atoms with Crippen LogP contribution in [0.25, 0.3) is 0 Å².